The van der Waals surface area contributed by atoms with Crippen molar-refractivity contribution in [3.63, 3.8) is 0 Å². The second kappa shape index (κ2) is 4.97. The second-order valence-corrected chi connectivity index (χ2v) is 5.04. The topological polar surface area (TPSA) is 49.3 Å². The first kappa shape index (κ1) is 11.6. The fraction of sp³-hybridized carbons (Fsp3) is 0.417. The maximum atomic E-state index is 10.7. The molecular formula is C12H14BrNO2. The SMILES string of the molecule is O=C(O)c1ccc(CNCC2CC2)c(Br)c1. The normalized spacial score (nSPS) is 15.1. The van der Waals surface area contributed by atoms with Crippen molar-refractivity contribution in [3.05, 3.63) is 33.8 Å². The van der Waals surface area contributed by atoms with Gasteiger partial charge in [-0.1, -0.05) is 22.0 Å². The summed E-state index contributed by atoms with van der Waals surface area (Å²) in [7, 11) is 0. The Morgan fingerprint density at radius 3 is 2.81 bits per heavy atom. The van der Waals surface area contributed by atoms with E-state index in [0.717, 1.165) is 29.0 Å². The van der Waals surface area contributed by atoms with Crippen LogP contribution in [0.2, 0.25) is 0 Å². The molecule has 0 saturated heterocycles. The molecule has 0 bridgehead atoms. The van der Waals surface area contributed by atoms with Crippen molar-refractivity contribution < 1.29 is 9.90 Å². The maximum absolute atomic E-state index is 10.7. The Morgan fingerprint density at radius 2 is 2.25 bits per heavy atom. The van der Waals surface area contributed by atoms with Gasteiger partial charge in [0.1, 0.15) is 0 Å². The zero-order valence-electron chi connectivity index (χ0n) is 8.87. The van der Waals surface area contributed by atoms with Crippen molar-refractivity contribution >= 4 is 21.9 Å². The minimum Gasteiger partial charge on any atom is -0.478 e. The number of hydrogen-bond donors (Lipinski definition) is 2. The van der Waals surface area contributed by atoms with E-state index in [1.54, 1.807) is 12.1 Å². The van der Waals surface area contributed by atoms with Gasteiger partial charge in [0.2, 0.25) is 0 Å². The molecule has 16 heavy (non-hydrogen) atoms. The summed E-state index contributed by atoms with van der Waals surface area (Å²) in [6.07, 6.45) is 2.68. The number of nitrogens with one attached hydrogen (secondary N) is 1. The Bertz CT molecular complexity index is 402. The van der Waals surface area contributed by atoms with Gasteiger partial charge in [0, 0.05) is 11.0 Å². The molecule has 1 aromatic carbocycles. The summed E-state index contributed by atoms with van der Waals surface area (Å²) in [4.78, 5) is 10.7. The summed E-state index contributed by atoms with van der Waals surface area (Å²) < 4.78 is 0.857. The number of benzene rings is 1. The Balaban J connectivity index is 1.95. The summed E-state index contributed by atoms with van der Waals surface area (Å²) in [5.74, 6) is -0.0322. The number of halogens is 1. The third kappa shape index (κ3) is 3.06. The molecule has 0 aliphatic heterocycles. The molecule has 0 atom stereocenters. The molecule has 0 aromatic heterocycles. The number of carboxylic acids is 1. The first-order chi connectivity index (χ1) is 7.66. The number of carboxylic acid groups (broad SMARTS) is 1. The highest BCUT2D eigenvalue weighted by Crippen LogP contribution is 2.27. The van der Waals surface area contributed by atoms with E-state index in [1.807, 2.05) is 6.07 Å². The standard InChI is InChI=1S/C12H14BrNO2/c13-11-5-9(12(15)16)3-4-10(11)7-14-6-8-1-2-8/h3-5,8,14H,1-2,6-7H2,(H,15,16). The van der Waals surface area contributed by atoms with Crippen molar-refractivity contribution in [1.82, 2.24) is 5.32 Å². The van der Waals surface area contributed by atoms with E-state index in [0.29, 0.717) is 5.56 Å². The number of aromatic carboxylic acids is 1. The summed E-state index contributed by atoms with van der Waals surface area (Å²) in [5.41, 5.74) is 1.42. The fourth-order valence-electron chi connectivity index (χ4n) is 1.56. The molecule has 86 valence electrons. The zero-order valence-corrected chi connectivity index (χ0v) is 10.5. The molecule has 2 N–H and O–H groups in total. The van der Waals surface area contributed by atoms with Crippen LogP contribution in [0.3, 0.4) is 0 Å². The summed E-state index contributed by atoms with van der Waals surface area (Å²) >= 11 is 3.39. The van der Waals surface area contributed by atoms with Crippen LogP contribution in [0.5, 0.6) is 0 Å². The smallest absolute Gasteiger partial charge is 0.335 e. The first-order valence-electron chi connectivity index (χ1n) is 5.39. The van der Waals surface area contributed by atoms with Gasteiger partial charge in [-0.25, -0.2) is 4.79 Å². The van der Waals surface area contributed by atoms with E-state index in [2.05, 4.69) is 21.2 Å². The van der Waals surface area contributed by atoms with Crippen LogP contribution in [0.15, 0.2) is 22.7 Å². The predicted octanol–water partition coefficient (Wildman–Crippen LogP) is 2.65. The van der Waals surface area contributed by atoms with E-state index in [-0.39, 0.29) is 0 Å². The molecule has 0 amide bonds. The van der Waals surface area contributed by atoms with Gasteiger partial charge < -0.3 is 10.4 Å². The van der Waals surface area contributed by atoms with Gasteiger partial charge in [0.25, 0.3) is 0 Å². The van der Waals surface area contributed by atoms with E-state index < -0.39 is 5.97 Å². The van der Waals surface area contributed by atoms with Crippen molar-refractivity contribution in [2.24, 2.45) is 5.92 Å². The number of hydrogen-bond acceptors (Lipinski definition) is 2. The van der Waals surface area contributed by atoms with Crippen LogP contribution in [0.1, 0.15) is 28.8 Å². The van der Waals surface area contributed by atoms with E-state index in [1.165, 1.54) is 12.8 Å². The molecule has 0 heterocycles. The predicted molar refractivity (Wildman–Crippen MR) is 65.5 cm³/mol. The third-order valence-electron chi connectivity index (χ3n) is 2.75. The summed E-state index contributed by atoms with van der Waals surface area (Å²) in [6.45, 7) is 1.85. The van der Waals surface area contributed by atoms with Crippen LogP contribution in [-0.4, -0.2) is 17.6 Å². The molecule has 0 unspecified atom stereocenters. The van der Waals surface area contributed by atoms with Gasteiger partial charge in [-0.05, 0) is 43.0 Å². The van der Waals surface area contributed by atoms with Gasteiger partial charge in [-0.2, -0.15) is 0 Å². The van der Waals surface area contributed by atoms with Crippen LogP contribution < -0.4 is 5.32 Å². The summed E-state index contributed by atoms with van der Waals surface area (Å²) in [5, 5.41) is 12.2. The molecule has 2 rings (SSSR count). The average molecular weight is 284 g/mol. The molecule has 0 radical (unpaired) electrons. The van der Waals surface area contributed by atoms with E-state index in [9.17, 15) is 4.79 Å². The third-order valence-corrected chi connectivity index (χ3v) is 3.48. The van der Waals surface area contributed by atoms with Gasteiger partial charge in [0.15, 0.2) is 0 Å². The molecule has 1 aromatic rings. The maximum Gasteiger partial charge on any atom is 0.335 e. The highest BCUT2D eigenvalue weighted by atomic mass is 79.9. The van der Waals surface area contributed by atoms with Crippen LogP contribution in [0, 0.1) is 5.92 Å². The van der Waals surface area contributed by atoms with E-state index in [4.69, 9.17) is 5.11 Å². The lowest BCUT2D eigenvalue weighted by Crippen LogP contribution is -2.16. The minimum atomic E-state index is -0.891. The Hall–Kier alpha value is -0.870. The highest BCUT2D eigenvalue weighted by Gasteiger charge is 2.20. The molecule has 3 nitrogen and oxygen atoms in total. The number of rotatable bonds is 5. The van der Waals surface area contributed by atoms with Crippen molar-refractivity contribution in [2.45, 2.75) is 19.4 Å². The lowest BCUT2D eigenvalue weighted by atomic mass is 10.1. The van der Waals surface area contributed by atoms with Gasteiger partial charge in [-0.3, -0.25) is 0 Å². The van der Waals surface area contributed by atoms with Crippen LogP contribution in [0.25, 0.3) is 0 Å². The fourth-order valence-corrected chi connectivity index (χ4v) is 2.08. The van der Waals surface area contributed by atoms with Crippen LogP contribution in [-0.2, 0) is 6.54 Å². The monoisotopic (exact) mass is 283 g/mol. The first-order valence-corrected chi connectivity index (χ1v) is 6.18. The molecule has 1 aliphatic carbocycles. The van der Waals surface area contributed by atoms with E-state index >= 15 is 0 Å². The lowest BCUT2D eigenvalue weighted by Gasteiger charge is -2.07. The minimum absolute atomic E-state index is 0.317. The van der Waals surface area contributed by atoms with Crippen molar-refractivity contribution in [3.8, 4) is 0 Å². The van der Waals surface area contributed by atoms with Crippen LogP contribution in [0.4, 0.5) is 0 Å². The Morgan fingerprint density at radius 1 is 1.50 bits per heavy atom. The highest BCUT2D eigenvalue weighted by molar-refractivity contribution is 9.10. The Labute approximate surface area is 103 Å². The summed E-state index contributed by atoms with van der Waals surface area (Å²) in [6, 6.07) is 5.14. The van der Waals surface area contributed by atoms with Gasteiger partial charge in [0.05, 0.1) is 5.56 Å². The van der Waals surface area contributed by atoms with Gasteiger partial charge in [-0.15, -0.1) is 0 Å². The lowest BCUT2D eigenvalue weighted by molar-refractivity contribution is 0.0697. The van der Waals surface area contributed by atoms with Crippen molar-refractivity contribution in [1.29, 1.82) is 0 Å². The van der Waals surface area contributed by atoms with Crippen molar-refractivity contribution in [2.75, 3.05) is 6.54 Å². The molecular weight excluding hydrogens is 270 g/mol. The average Bonchev–Trinajstić information content (AvgIpc) is 3.04. The number of carbonyl (C=O) groups is 1. The quantitative estimate of drug-likeness (QED) is 0.874. The van der Waals surface area contributed by atoms with Gasteiger partial charge >= 0.3 is 5.97 Å². The molecule has 0 spiro atoms. The second-order valence-electron chi connectivity index (χ2n) is 4.19. The molecule has 1 fully saturated rings. The zero-order chi connectivity index (χ0) is 11.5. The Kier molecular flexibility index (Phi) is 3.61. The van der Waals surface area contributed by atoms with Crippen LogP contribution >= 0.6 is 15.9 Å². The largest absolute Gasteiger partial charge is 0.478 e. The molecule has 1 aliphatic rings. The molecule has 4 heteroatoms. The molecule has 1 saturated carbocycles.